The van der Waals surface area contributed by atoms with Crippen molar-refractivity contribution in [3.05, 3.63) is 101 Å². The average molecular weight is 388 g/mol. The van der Waals surface area contributed by atoms with Gasteiger partial charge in [0.25, 0.3) is 0 Å². The molecule has 1 fully saturated rings. The van der Waals surface area contributed by atoms with E-state index in [-0.39, 0.29) is 5.41 Å². The Morgan fingerprint density at radius 3 is 2.21 bits per heavy atom. The third-order valence-electron chi connectivity index (χ3n) is 7.08. The first-order valence-electron chi connectivity index (χ1n) is 10.2. The summed E-state index contributed by atoms with van der Waals surface area (Å²) < 4.78 is 0. The van der Waals surface area contributed by atoms with Gasteiger partial charge in [-0.3, -0.25) is 0 Å². The minimum absolute atomic E-state index is 0.0388. The van der Waals surface area contributed by atoms with Gasteiger partial charge in [0, 0.05) is 29.7 Å². The second-order valence-electron chi connectivity index (χ2n) is 8.62. The summed E-state index contributed by atoms with van der Waals surface area (Å²) in [4.78, 5) is 2.44. The first kappa shape index (κ1) is 17.8. The van der Waals surface area contributed by atoms with Crippen LogP contribution in [0.1, 0.15) is 41.9 Å². The summed E-state index contributed by atoms with van der Waals surface area (Å²) in [5, 5.41) is 0.839. The molecule has 0 saturated heterocycles. The van der Waals surface area contributed by atoms with E-state index in [1.807, 2.05) is 6.07 Å². The van der Waals surface area contributed by atoms with E-state index in [0.717, 1.165) is 11.6 Å². The quantitative estimate of drug-likeness (QED) is 0.476. The Kier molecular flexibility index (Phi) is 4.25. The summed E-state index contributed by atoms with van der Waals surface area (Å²) in [5.74, 6) is 1.56. The fraction of sp³-hybridized carbons (Fsp3) is 0.308. The summed E-state index contributed by atoms with van der Waals surface area (Å²) in [5.41, 5.74) is 5.70. The monoisotopic (exact) mass is 387 g/mol. The Morgan fingerprint density at radius 1 is 0.893 bits per heavy atom. The Hall–Kier alpha value is -2.25. The normalized spacial score (nSPS) is 28.7. The summed E-state index contributed by atoms with van der Waals surface area (Å²) >= 11 is 6.54. The first-order valence-corrected chi connectivity index (χ1v) is 10.6. The molecule has 28 heavy (non-hydrogen) atoms. The van der Waals surface area contributed by atoms with Gasteiger partial charge in [0.05, 0.1) is 0 Å². The summed E-state index contributed by atoms with van der Waals surface area (Å²) in [6, 6.07) is 28.7. The molecule has 3 aromatic rings. The second-order valence-corrected chi connectivity index (χ2v) is 9.06. The summed E-state index contributed by atoms with van der Waals surface area (Å²) in [6.07, 6.45) is 1.20. The van der Waals surface area contributed by atoms with Crippen LogP contribution in [0.25, 0.3) is 0 Å². The topological polar surface area (TPSA) is 3.24 Å². The predicted molar refractivity (Wildman–Crippen MR) is 119 cm³/mol. The van der Waals surface area contributed by atoms with Gasteiger partial charge >= 0.3 is 0 Å². The van der Waals surface area contributed by atoms with E-state index in [0.29, 0.717) is 17.8 Å². The van der Waals surface area contributed by atoms with Crippen LogP contribution in [0.4, 0.5) is 5.69 Å². The van der Waals surface area contributed by atoms with Crippen molar-refractivity contribution >= 4 is 17.3 Å². The fourth-order valence-electron chi connectivity index (χ4n) is 6.19. The molecule has 1 saturated carbocycles. The molecular formula is C26H26ClN. The van der Waals surface area contributed by atoms with Crippen LogP contribution in [0.2, 0.25) is 5.02 Å². The van der Waals surface area contributed by atoms with Crippen LogP contribution in [0.3, 0.4) is 0 Å². The molecule has 1 aliphatic carbocycles. The number of rotatable bonds is 2. The van der Waals surface area contributed by atoms with Crippen LogP contribution < -0.4 is 4.90 Å². The largest absolute Gasteiger partial charge is 0.373 e. The lowest BCUT2D eigenvalue weighted by molar-refractivity contribution is 0.356. The zero-order valence-electron chi connectivity index (χ0n) is 16.5. The molecule has 142 valence electrons. The Labute approximate surface area is 173 Å². The molecule has 4 atom stereocenters. The maximum atomic E-state index is 6.54. The number of hydrogen-bond acceptors (Lipinski definition) is 1. The number of anilines is 1. The van der Waals surface area contributed by atoms with Crippen molar-refractivity contribution in [1.29, 1.82) is 0 Å². The summed E-state index contributed by atoms with van der Waals surface area (Å²) in [7, 11) is 2.23. The van der Waals surface area contributed by atoms with E-state index < -0.39 is 0 Å². The van der Waals surface area contributed by atoms with Gasteiger partial charge in [0.15, 0.2) is 0 Å². The molecule has 0 amide bonds. The van der Waals surface area contributed by atoms with Crippen LogP contribution in [0, 0.1) is 5.92 Å². The minimum Gasteiger partial charge on any atom is -0.373 e. The van der Waals surface area contributed by atoms with Crippen LogP contribution in [0.5, 0.6) is 0 Å². The minimum atomic E-state index is 0.0388. The number of halogens is 1. The van der Waals surface area contributed by atoms with Crippen LogP contribution in [0.15, 0.2) is 78.9 Å². The van der Waals surface area contributed by atoms with Crippen molar-refractivity contribution < 1.29 is 0 Å². The number of benzene rings is 3. The van der Waals surface area contributed by atoms with Gasteiger partial charge < -0.3 is 4.90 Å². The molecule has 0 radical (unpaired) electrons. The van der Waals surface area contributed by atoms with Gasteiger partial charge in [-0.15, -0.1) is 0 Å². The van der Waals surface area contributed by atoms with E-state index in [2.05, 4.69) is 91.7 Å². The van der Waals surface area contributed by atoms with E-state index in [9.17, 15) is 0 Å². The average Bonchev–Trinajstić information content (AvgIpc) is 3.17. The van der Waals surface area contributed by atoms with Crippen LogP contribution in [-0.4, -0.2) is 13.6 Å². The molecule has 1 aliphatic heterocycles. The molecule has 4 unspecified atom stereocenters. The van der Waals surface area contributed by atoms with Crippen molar-refractivity contribution in [2.75, 3.05) is 18.5 Å². The highest BCUT2D eigenvalue weighted by Gasteiger charge is 2.59. The zero-order valence-corrected chi connectivity index (χ0v) is 17.2. The predicted octanol–water partition coefficient (Wildman–Crippen LogP) is 6.64. The lowest BCUT2D eigenvalue weighted by Gasteiger charge is -2.39. The molecule has 1 spiro atoms. The van der Waals surface area contributed by atoms with Crippen molar-refractivity contribution in [3.63, 3.8) is 0 Å². The molecule has 0 bridgehead atoms. The molecule has 0 aromatic heterocycles. The van der Waals surface area contributed by atoms with E-state index >= 15 is 0 Å². The molecule has 5 rings (SSSR count). The maximum Gasteiger partial charge on any atom is 0.0410 e. The molecule has 0 N–H and O–H groups in total. The molecular weight excluding hydrogens is 362 g/mol. The van der Waals surface area contributed by atoms with Gasteiger partial charge in [-0.25, -0.2) is 0 Å². The lowest BCUT2D eigenvalue weighted by atomic mass is 9.64. The highest BCUT2D eigenvalue weighted by molar-refractivity contribution is 6.30. The SMILES string of the molecule is CC1CC(c2ccccc2)C2(CN(C)c3ccc(Cl)cc32)C1c1ccccc1. The molecule has 1 heterocycles. The standard InChI is InChI=1S/C26H26ClN/c1-18-15-22(19-9-5-3-6-10-19)26(25(18)20-11-7-4-8-12-20)17-28(2)24-14-13-21(27)16-23(24)26/h3-14,16,18,22,25H,15,17H2,1-2H3. The second kappa shape index (κ2) is 6.67. The maximum absolute atomic E-state index is 6.54. The van der Waals surface area contributed by atoms with E-state index in [1.165, 1.54) is 28.8 Å². The lowest BCUT2D eigenvalue weighted by Crippen LogP contribution is -2.39. The van der Waals surface area contributed by atoms with Crippen molar-refractivity contribution in [1.82, 2.24) is 0 Å². The molecule has 3 aromatic carbocycles. The summed E-state index contributed by atoms with van der Waals surface area (Å²) in [6.45, 7) is 3.47. The van der Waals surface area contributed by atoms with E-state index in [1.54, 1.807) is 0 Å². The van der Waals surface area contributed by atoms with Crippen molar-refractivity contribution in [3.8, 4) is 0 Å². The first-order chi connectivity index (χ1) is 13.6. The van der Waals surface area contributed by atoms with Crippen LogP contribution >= 0.6 is 11.6 Å². The fourth-order valence-corrected chi connectivity index (χ4v) is 6.36. The van der Waals surface area contributed by atoms with Gasteiger partial charge in [-0.2, -0.15) is 0 Å². The van der Waals surface area contributed by atoms with Crippen molar-refractivity contribution in [2.45, 2.75) is 30.6 Å². The molecule has 2 heteroatoms. The van der Waals surface area contributed by atoms with Gasteiger partial charge in [-0.1, -0.05) is 79.2 Å². The highest BCUT2D eigenvalue weighted by Crippen LogP contribution is 2.65. The number of fused-ring (bicyclic) bond motifs is 2. The highest BCUT2D eigenvalue weighted by atomic mass is 35.5. The number of nitrogens with zero attached hydrogens (tertiary/aromatic N) is 1. The molecule has 2 aliphatic rings. The molecule has 1 nitrogen and oxygen atoms in total. The van der Waals surface area contributed by atoms with Gasteiger partial charge in [0.1, 0.15) is 0 Å². The third kappa shape index (κ3) is 2.53. The van der Waals surface area contributed by atoms with Gasteiger partial charge in [0.2, 0.25) is 0 Å². The Bertz CT molecular complexity index is 984. The number of likely N-dealkylation sites (N-methyl/N-ethyl adjacent to an activating group) is 1. The smallest absolute Gasteiger partial charge is 0.0410 e. The zero-order chi connectivity index (χ0) is 19.3. The Balaban J connectivity index is 1.78. The number of hydrogen-bond donors (Lipinski definition) is 0. The van der Waals surface area contributed by atoms with Crippen molar-refractivity contribution in [2.24, 2.45) is 5.92 Å². The van der Waals surface area contributed by atoms with Crippen LogP contribution in [-0.2, 0) is 5.41 Å². The van der Waals surface area contributed by atoms with Gasteiger partial charge in [-0.05, 0) is 59.1 Å². The Morgan fingerprint density at radius 2 is 1.54 bits per heavy atom. The van der Waals surface area contributed by atoms with E-state index in [4.69, 9.17) is 11.6 Å². The third-order valence-corrected chi connectivity index (χ3v) is 7.32.